The molecule has 4 N–H and O–H groups in total. The van der Waals surface area contributed by atoms with E-state index in [1.54, 1.807) is 49.9 Å². The Hall–Kier alpha value is -6.69. The standard InChI is InChI=1S/C47H49N7O5/c1-47(2,3)59-46(58)52-42(33-14-8-5-9-15-33)45(57)54-25-11-17-40(54)44(56)49-35-22-23-36-34(27-35)28-37(50-36)31-18-20-32(21-19-31)38-29-48-43(51-38)39-16-10-24-53(39)41(55)26-30-12-6-4-7-13-30/h4-9,12-15,18-23,27-29,39-40,42,50H,10-11,16-17,24-26H2,1-3H3,(H,48,51)(H,49,56)(H,52,58)/t39-,40-,42+/m0/s1. The Morgan fingerprint density at radius 2 is 1.47 bits per heavy atom. The van der Waals surface area contributed by atoms with Gasteiger partial charge in [0.05, 0.1) is 24.4 Å². The number of rotatable bonds is 10. The fraction of sp³-hybridized carbons (Fsp3) is 0.298. The molecule has 3 atom stereocenters. The molecule has 6 aromatic rings. The van der Waals surface area contributed by atoms with Crippen molar-refractivity contribution in [3.8, 4) is 22.5 Å². The first-order valence-electron chi connectivity index (χ1n) is 20.3. The maximum atomic E-state index is 14.0. The van der Waals surface area contributed by atoms with Crippen molar-refractivity contribution in [1.82, 2.24) is 30.1 Å². The number of imidazole rings is 1. The highest BCUT2D eigenvalue weighted by Crippen LogP contribution is 2.34. The summed E-state index contributed by atoms with van der Waals surface area (Å²) in [5.41, 5.74) is 6.21. The topological polar surface area (TPSA) is 153 Å². The smallest absolute Gasteiger partial charge is 0.408 e. The van der Waals surface area contributed by atoms with E-state index in [2.05, 4.69) is 44.9 Å². The van der Waals surface area contributed by atoms with Crippen molar-refractivity contribution in [3.63, 3.8) is 0 Å². The van der Waals surface area contributed by atoms with E-state index in [4.69, 9.17) is 9.72 Å². The predicted molar refractivity (Wildman–Crippen MR) is 227 cm³/mol. The maximum absolute atomic E-state index is 14.0. The van der Waals surface area contributed by atoms with Crippen LogP contribution in [0.15, 0.2) is 115 Å². The minimum Gasteiger partial charge on any atom is -0.444 e. The van der Waals surface area contributed by atoms with Crippen LogP contribution in [0.3, 0.4) is 0 Å². The third kappa shape index (κ3) is 8.91. The average molecular weight is 792 g/mol. The molecule has 4 aromatic carbocycles. The number of H-pyrrole nitrogens is 2. The lowest BCUT2D eigenvalue weighted by Gasteiger charge is -2.29. The molecule has 2 aliphatic heterocycles. The van der Waals surface area contributed by atoms with Gasteiger partial charge in [-0.25, -0.2) is 9.78 Å². The summed E-state index contributed by atoms with van der Waals surface area (Å²) >= 11 is 0. The lowest BCUT2D eigenvalue weighted by atomic mass is 10.0. The Labute approximate surface area is 343 Å². The lowest BCUT2D eigenvalue weighted by molar-refractivity contribution is -0.138. The first kappa shape index (κ1) is 39.2. The van der Waals surface area contributed by atoms with Gasteiger partial charge in [0.25, 0.3) is 5.91 Å². The number of carbonyl (C=O) groups excluding carboxylic acids is 4. The molecule has 2 aliphatic rings. The summed E-state index contributed by atoms with van der Waals surface area (Å²) in [5, 5.41) is 6.70. The van der Waals surface area contributed by atoms with Gasteiger partial charge in [-0.3, -0.25) is 14.4 Å². The zero-order valence-electron chi connectivity index (χ0n) is 33.5. The normalized spacial score (nSPS) is 17.2. The Kier molecular flexibility index (Phi) is 11.1. The molecule has 2 aromatic heterocycles. The molecule has 12 heteroatoms. The highest BCUT2D eigenvalue weighted by atomic mass is 16.6. The van der Waals surface area contributed by atoms with Gasteiger partial charge in [0, 0.05) is 35.4 Å². The van der Waals surface area contributed by atoms with Crippen LogP contribution in [-0.2, 0) is 25.5 Å². The number of ether oxygens (including phenoxy) is 1. The zero-order chi connectivity index (χ0) is 41.1. The number of nitrogens with zero attached hydrogens (tertiary/aromatic N) is 3. The second kappa shape index (κ2) is 16.7. The molecule has 0 aliphatic carbocycles. The van der Waals surface area contributed by atoms with E-state index in [9.17, 15) is 19.2 Å². The minimum absolute atomic E-state index is 0.0695. The lowest BCUT2D eigenvalue weighted by Crippen LogP contribution is -2.49. The minimum atomic E-state index is -1.01. The van der Waals surface area contributed by atoms with E-state index in [0.717, 1.165) is 64.2 Å². The van der Waals surface area contributed by atoms with E-state index in [1.165, 1.54) is 0 Å². The molecule has 59 heavy (non-hydrogen) atoms. The molecule has 4 heterocycles. The van der Waals surface area contributed by atoms with Crippen LogP contribution in [0.2, 0.25) is 0 Å². The second-order valence-electron chi connectivity index (χ2n) is 16.3. The Balaban J connectivity index is 0.921. The van der Waals surface area contributed by atoms with Crippen LogP contribution in [0.4, 0.5) is 10.5 Å². The van der Waals surface area contributed by atoms with Gasteiger partial charge < -0.3 is 35.1 Å². The number of carbonyl (C=O) groups is 4. The average Bonchev–Trinajstić information content (AvgIpc) is 4.06. The molecule has 8 rings (SSSR count). The Bertz CT molecular complexity index is 2450. The molecule has 0 saturated carbocycles. The van der Waals surface area contributed by atoms with Gasteiger partial charge in [0.2, 0.25) is 11.8 Å². The number of alkyl carbamates (subject to hydrolysis) is 1. The Morgan fingerprint density at radius 1 is 0.797 bits per heavy atom. The first-order chi connectivity index (χ1) is 28.5. The molecular weight excluding hydrogens is 743 g/mol. The molecule has 12 nitrogen and oxygen atoms in total. The molecule has 2 fully saturated rings. The van der Waals surface area contributed by atoms with Crippen molar-refractivity contribution >= 4 is 40.4 Å². The van der Waals surface area contributed by atoms with E-state index in [0.29, 0.717) is 37.1 Å². The SMILES string of the molecule is CC(C)(C)OC(=O)N[C@@H](C(=O)N1CCC[C@H]1C(=O)Nc1ccc2[nH]c(-c3ccc(-c4cnc([C@@H]5CCCN5C(=O)Cc5ccccc5)[nH]4)cc3)cc2c1)c1ccccc1. The van der Waals surface area contributed by atoms with E-state index in [-0.39, 0.29) is 23.8 Å². The number of likely N-dealkylation sites (tertiary alicyclic amines) is 2. The van der Waals surface area contributed by atoms with E-state index >= 15 is 0 Å². The third-order valence-electron chi connectivity index (χ3n) is 11.0. The summed E-state index contributed by atoms with van der Waals surface area (Å²) in [6.45, 7) is 6.41. The van der Waals surface area contributed by atoms with Gasteiger partial charge in [0.15, 0.2) is 0 Å². The van der Waals surface area contributed by atoms with Crippen LogP contribution in [0.1, 0.15) is 75.5 Å². The molecule has 0 radical (unpaired) electrons. The number of aromatic nitrogens is 3. The fourth-order valence-corrected chi connectivity index (χ4v) is 8.12. The molecule has 4 amide bonds. The molecule has 0 spiro atoms. The van der Waals surface area contributed by atoms with Gasteiger partial charge in [-0.2, -0.15) is 0 Å². The number of benzene rings is 4. The van der Waals surface area contributed by atoms with Crippen LogP contribution < -0.4 is 10.6 Å². The number of hydrogen-bond acceptors (Lipinski definition) is 6. The summed E-state index contributed by atoms with van der Waals surface area (Å²) in [6, 6.07) is 33.0. The zero-order valence-corrected chi connectivity index (χ0v) is 33.5. The van der Waals surface area contributed by atoms with Crippen molar-refractivity contribution in [2.75, 3.05) is 18.4 Å². The predicted octanol–water partition coefficient (Wildman–Crippen LogP) is 8.33. The summed E-state index contributed by atoms with van der Waals surface area (Å²) in [4.78, 5) is 69.0. The number of anilines is 1. The number of fused-ring (bicyclic) bond motifs is 1. The molecule has 0 bridgehead atoms. The van der Waals surface area contributed by atoms with Gasteiger partial charge in [0.1, 0.15) is 23.5 Å². The molecular formula is C47H49N7O5. The molecule has 0 unspecified atom stereocenters. The van der Waals surface area contributed by atoms with Crippen molar-refractivity contribution in [2.45, 2.75) is 76.6 Å². The second-order valence-corrected chi connectivity index (χ2v) is 16.3. The first-order valence-corrected chi connectivity index (χ1v) is 20.3. The number of hydrogen-bond donors (Lipinski definition) is 4. The summed E-state index contributed by atoms with van der Waals surface area (Å²) in [7, 11) is 0. The van der Waals surface area contributed by atoms with Gasteiger partial charge in [-0.15, -0.1) is 0 Å². The Morgan fingerprint density at radius 3 is 2.20 bits per heavy atom. The van der Waals surface area contributed by atoms with Crippen LogP contribution in [-0.4, -0.2) is 73.3 Å². The highest BCUT2D eigenvalue weighted by Gasteiger charge is 2.39. The van der Waals surface area contributed by atoms with E-state index in [1.807, 2.05) is 71.8 Å². The summed E-state index contributed by atoms with van der Waals surface area (Å²) in [5.74, 6) is 0.271. The van der Waals surface area contributed by atoms with Gasteiger partial charge in [-0.1, -0.05) is 84.9 Å². The number of nitrogens with one attached hydrogen (secondary N) is 4. The van der Waals surface area contributed by atoms with Crippen molar-refractivity contribution < 1.29 is 23.9 Å². The van der Waals surface area contributed by atoms with Gasteiger partial charge in [-0.05, 0) is 93.0 Å². The van der Waals surface area contributed by atoms with Crippen LogP contribution in [0, 0.1) is 0 Å². The largest absolute Gasteiger partial charge is 0.444 e. The molecule has 302 valence electrons. The van der Waals surface area contributed by atoms with Crippen molar-refractivity contribution in [2.24, 2.45) is 0 Å². The summed E-state index contributed by atoms with van der Waals surface area (Å²) in [6.07, 6.45) is 4.50. The molecule has 2 saturated heterocycles. The number of aromatic amines is 2. The monoisotopic (exact) mass is 791 g/mol. The van der Waals surface area contributed by atoms with Crippen molar-refractivity contribution in [3.05, 3.63) is 132 Å². The van der Waals surface area contributed by atoms with Crippen molar-refractivity contribution in [1.29, 1.82) is 0 Å². The number of amides is 4. The van der Waals surface area contributed by atoms with E-state index < -0.39 is 23.8 Å². The van der Waals surface area contributed by atoms with Crippen LogP contribution >= 0.6 is 0 Å². The van der Waals surface area contributed by atoms with Crippen LogP contribution in [0.5, 0.6) is 0 Å². The van der Waals surface area contributed by atoms with Gasteiger partial charge >= 0.3 is 6.09 Å². The quantitative estimate of drug-likeness (QED) is 0.110. The van der Waals surface area contributed by atoms with Crippen LogP contribution in [0.25, 0.3) is 33.4 Å². The summed E-state index contributed by atoms with van der Waals surface area (Å²) < 4.78 is 5.47. The fourth-order valence-electron chi connectivity index (χ4n) is 8.12. The highest BCUT2D eigenvalue weighted by molar-refractivity contribution is 6.00. The maximum Gasteiger partial charge on any atom is 0.408 e. The third-order valence-corrected chi connectivity index (χ3v) is 11.0.